The molecule has 0 heterocycles. The zero-order valence-electron chi connectivity index (χ0n) is 8.16. The second-order valence-corrected chi connectivity index (χ2v) is 4.34. The maximum Gasteiger partial charge on any atom is 0.419 e. The van der Waals surface area contributed by atoms with Crippen LogP contribution in [0.3, 0.4) is 0 Å². The summed E-state index contributed by atoms with van der Waals surface area (Å²) in [6.07, 6.45) is -4.82. The zero-order chi connectivity index (χ0) is 12.5. The molecule has 0 spiro atoms. The lowest BCUT2D eigenvalue weighted by atomic mass is 10.0. The van der Waals surface area contributed by atoms with E-state index in [4.69, 9.17) is 0 Å². The number of Topliss-reactive ketones (excluding diaryl/α,β-unsaturated/α-hetero) is 1. The van der Waals surface area contributed by atoms with Crippen LogP contribution < -0.4 is 0 Å². The first-order chi connectivity index (χ1) is 7.27. The van der Waals surface area contributed by atoms with Crippen molar-refractivity contribution in [2.45, 2.75) is 19.5 Å². The third-order valence-electron chi connectivity index (χ3n) is 1.96. The molecule has 0 fully saturated rings. The molecule has 0 saturated heterocycles. The van der Waals surface area contributed by atoms with E-state index >= 15 is 0 Å². The number of halogens is 5. The summed E-state index contributed by atoms with van der Waals surface area (Å²) in [5.74, 6) is -2.12. The minimum absolute atomic E-state index is 0.0334. The second-order valence-electron chi connectivity index (χ2n) is 3.09. The predicted octanol–water partition coefficient (Wildman–Crippen LogP) is 4.04. The Morgan fingerprint density at radius 1 is 1.38 bits per heavy atom. The summed E-state index contributed by atoms with van der Waals surface area (Å²) in [7, 11) is 0. The average Bonchev–Trinajstić information content (AvgIpc) is 2.18. The maximum absolute atomic E-state index is 13.4. The first-order valence-electron chi connectivity index (χ1n) is 4.36. The normalized spacial score (nSPS) is 11.6. The Hall–Kier alpha value is -0.660. The van der Waals surface area contributed by atoms with Crippen LogP contribution in [-0.2, 0) is 6.18 Å². The average molecular weight is 346 g/mol. The van der Waals surface area contributed by atoms with Crippen molar-refractivity contribution in [3.8, 4) is 0 Å². The molecule has 1 rings (SSSR count). The standard InChI is InChI=1S/C10H7F4IO/c1-2-8(16)6-3-5(15)4-7(9(6)11)10(12,13)14/h3-4H,2H2,1H3. The molecule has 0 radical (unpaired) electrons. The number of hydrogen-bond donors (Lipinski definition) is 0. The third kappa shape index (κ3) is 2.72. The highest BCUT2D eigenvalue weighted by Gasteiger charge is 2.36. The minimum Gasteiger partial charge on any atom is -0.294 e. The van der Waals surface area contributed by atoms with Crippen molar-refractivity contribution in [1.29, 1.82) is 0 Å². The van der Waals surface area contributed by atoms with E-state index < -0.39 is 28.9 Å². The van der Waals surface area contributed by atoms with Crippen molar-refractivity contribution in [1.82, 2.24) is 0 Å². The van der Waals surface area contributed by atoms with Gasteiger partial charge in [-0.05, 0) is 34.7 Å². The highest BCUT2D eigenvalue weighted by molar-refractivity contribution is 14.1. The lowest BCUT2D eigenvalue weighted by Gasteiger charge is -2.11. The number of hydrogen-bond acceptors (Lipinski definition) is 1. The molecule has 0 aliphatic carbocycles. The molecule has 0 aliphatic heterocycles. The molecule has 0 amide bonds. The Morgan fingerprint density at radius 3 is 2.38 bits per heavy atom. The van der Waals surface area contributed by atoms with Crippen LogP contribution in [0.4, 0.5) is 17.6 Å². The van der Waals surface area contributed by atoms with E-state index in [9.17, 15) is 22.4 Å². The number of carbonyl (C=O) groups excluding carboxylic acids is 1. The van der Waals surface area contributed by atoms with Crippen molar-refractivity contribution in [2.75, 3.05) is 0 Å². The molecule has 0 saturated carbocycles. The summed E-state index contributed by atoms with van der Waals surface area (Å²) < 4.78 is 50.9. The Morgan fingerprint density at radius 2 is 1.94 bits per heavy atom. The van der Waals surface area contributed by atoms with E-state index in [1.54, 1.807) is 22.6 Å². The molecule has 0 aliphatic rings. The van der Waals surface area contributed by atoms with Gasteiger partial charge < -0.3 is 0 Å². The van der Waals surface area contributed by atoms with Gasteiger partial charge in [-0.25, -0.2) is 4.39 Å². The van der Waals surface area contributed by atoms with Gasteiger partial charge in [-0.15, -0.1) is 0 Å². The number of carbonyl (C=O) groups is 1. The molecule has 0 N–H and O–H groups in total. The number of ketones is 1. The minimum atomic E-state index is -4.78. The molecule has 16 heavy (non-hydrogen) atoms. The van der Waals surface area contributed by atoms with Gasteiger partial charge in [-0.1, -0.05) is 6.92 Å². The van der Waals surface area contributed by atoms with Crippen LogP contribution in [0, 0.1) is 9.39 Å². The molecule has 6 heteroatoms. The second kappa shape index (κ2) is 4.68. The first-order valence-corrected chi connectivity index (χ1v) is 5.44. The quantitative estimate of drug-likeness (QED) is 0.449. The highest BCUT2D eigenvalue weighted by Crippen LogP contribution is 2.34. The molecular weight excluding hydrogens is 339 g/mol. The van der Waals surface area contributed by atoms with E-state index in [0.29, 0.717) is 6.07 Å². The van der Waals surface area contributed by atoms with Crippen molar-refractivity contribution in [3.63, 3.8) is 0 Å². The van der Waals surface area contributed by atoms with Gasteiger partial charge in [0.1, 0.15) is 5.82 Å². The van der Waals surface area contributed by atoms with Crippen molar-refractivity contribution >= 4 is 28.4 Å². The Balaban J connectivity index is 3.44. The highest BCUT2D eigenvalue weighted by atomic mass is 127. The molecule has 0 unspecified atom stereocenters. The molecule has 0 bridgehead atoms. The van der Waals surface area contributed by atoms with Gasteiger partial charge in [0.15, 0.2) is 5.78 Å². The summed E-state index contributed by atoms with van der Waals surface area (Å²) in [5, 5.41) is 0. The van der Waals surface area contributed by atoms with Crippen molar-refractivity contribution in [3.05, 3.63) is 32.6 Å². The van der Waals surface area contributed by atoms with Crippen LogP contribution >= 0.6 is 22.6 Å². The lowest BCUT2D eigenvalue weighted by Crippen LogP contribution is -2.13. The molecule has 1 aromatic carbocycles. The Bertz CT molecular complexity index is 426. The smallest absolute Gasteiger partial charge is 0.294 e. The predicted molar refractivity (Wildman–Crippen MR) is 58.7 cm³/mol. The van der Waals surface area contributed by atoms with Crippen molar-refractivity contribution in [2.24, 2.45) is 0 Å². The summed E-state index contributed by atoms with van der Waals surface area (Å²) in [6, 6.07) is 1.80. The van der Waals surface area contributed by atoms with E-state index in [0.717, 1.165) is 6.07 Å². The largest absolute Gasteiger partial charge is 0.419 e. The van der Waals surface area contributed by atoms with Crippen LogP contribution in [0.1, 0.15) is 29.3 Å². The van der Waals surface area contributed by atoms with Crippen LogP contribution in [0.15, 0.2) is 12.1 Å². The van der Waals surface area contributed by atoms with Crippen LogP contribution in [0.25, 0.3) is 0 Å². The van der Waals surface area contributed by atoms with E-state index in [1.165, 1.54) is 6.92 Å². The molecular formula is C10H7F4IO. The van der Waals surface area contributed by atoms with Gasteiger partial charge in [0.2, 0.25) is 0 Å². The van der Waals surface area contributed by atoms with Gasteiger partial charge in [0, 0.05) is 9.99 Å². The van der Waals surface area contributed by atoms with Gasteiger partial charge >= 0.3 is 6.18 Å². The number of benzene rings is 1. The van der Waals surface area contributed by atoms with Crippen LogP contribution in [0.5, 0.6) is 0 Å². The lowest BCUT2D eigenvalue weighted by molar-refractivity contribution is -0.140. The van der Waals surface area contributed by atoms with E-state index in [1.807, 2.05) is 0 Å². The monoisotopic (exact) mass is 346 g/mol. The van der Waals surface area contributed by atoms with Gasteiger partial charge in [0.05, 0.1) is 11.1 Å². The molecule has 0 atom stereocenters. The summed E-state index contributed by atoms with van der Waals surface area (Å²) >= 11 is 1.62. The fraction of sp³-hybridized carbons (Fsp3) is 0.300. The van der Waals surface area contributed by atoms with Crippen LogP contribution in [-0.4, -0.2) is 5.78 Å². The SMILES string of the molecule is CCC(=O)c1cc(I)cc(C(F)(F)F)c1F. The van der Waals surface area contributed by atoms with Gasteiger partial charge in [0.25, 0.3) is 0 Å². The third-order valence-corrected chi connectivity index (χ3v) is 2.59. The van der Waals surface area contributed by atoms with E-state index in [-0.39, 0.29) is 9.99 Å². The molecule has 1 aromatic rings. The fourth-order valence-electron chi connectivity index (χ4n) is 1.19. The Labute approximate surface area is 103 Å². The molecule has 0 aromatic heterocycles. The van der Waals surface area contributed by atoms with Crippen LogP contribution in [0.2, 0.25) is 0 Å². The van der Waals surface area contributed by atoms with Crippen molar-refractivity contribution < 1.29 is 22.4 Å². The number of alkyl halides is 3. The maximum atomic E-state index is 13.4. The van der Waals surface area contributed by atoms with Gasteiger partial charge in [-0.3, -0.25) is 4.79 Å². The Kier molecular flexibility index (Phi) is 3.92. The fourth-order valence-corrected chi connectivity index (χ4v) is 1.81. The molecule has 1 nitrogen and oxygen atoms in total. The molecule has 88 valence electrons. The first kappa shape index (κ1) is 13.4. The van der Waals surface area contributed by atoms with E-state index in [2.05, 4.69) is 0 Å². The number of rotatable bonds is 2. The topological polar surface area (TPSA) is 17.1 Å². The zero-order valence-corrected chi connectivity index (χ0v) is 10.3. The van der Waals surface area contributed by atoms with Gasteiger partial charge in [-0.2, -0.15) is 13.2 Å². The summed E-state index contributed by atoms with van der Waals surface area (Å²) in [6.45, 7) is 1.47. The summed E-state index contributed by atoms with van der Waals surface area (Å²) in [5.41, 5.74) is -1.89. The summed E-state index contributed by atoms with van der Waals surface area (Å²) in [4.78, 5) is 11.3.